The van der Waals surface area contributed by atoms with Gasteiger partial charge in [0, 0.05) is 36.3 Å². The van der Waals surface area contributed by atoms with Crippen LogP contribution in [0, 0.1) is 0 Å². The van der Waals surface area contributed by atoms with E-state index in [2.05, 4.69) is 31.0 Å². The van der Waals surface area contributed by atoms with Crippen LogP contribution >= 0.6 is 27.5 Å². The second kappa shape index (κ2) is 8.21. The molecule has 0 bridgehead atoms. The van der Waals surface area contributed by atoms with Crippen molar-refractivity contribution < 1.29 is 4.79 Å². The van der Waals surface area contributed by atoms with Crippen molar-refractivity contribution in [2.75, 3.05) is 36.4 Å². The zero-order chi connectivity index (χ0) is 17.8. The number of hydrogen-bond donors (Lipinski definition) is 1. The Bertz CT molecular complexity index is 730. The van der Waals surface area contributed by atoms with Crippen molar-refractivity contribution >= 4 is 44.8 Å². The van der Waals surface area contributed by atoms with Crippen LogP contribution in [-0.2, 0) is 4.79 Å². The highest BCUT2D eigenvalue weighted by Gasteiger charge is 2.26. The summed E-state index contributed by atoms with van der Waals surface area (Å²) in [5.41, 5.74) is 1.88. The molecule has 25 heavy (non-hydrogen) atoms. The maximum absolute atomic E-state index is 12.5. The summed E-state index contributed by atoms with van der Waals surface area (Å²) < 4.78 is 0.995. The first-order valence-corrected chi connectivity index (χ1v) is 9.51. The van der Waals surface area contributed by atoms with Crippen molar-refractivity contribution in [2.45, 2.75) is 13.0 Å². The third kappa shape index (κ3) is 4.54. The van der Waals surface area contributed by atoms with E-state index in [0.29, 0.717) is 0 Å². The molecule has 1 atom stereocenters. The van der Waals surface area contributed by atoms with Gasteiger partial charge >= 0.3 is 0 Å². The Hall–Kier alpha value is -1.56. The van der Waals surface area contributed by atoms with Gasteiger partial charge in [-0.15, -0.1) is 0 Å². The Morgan fingerprint density at radius 1 is 1.08 bits per heavy atom. The normalized spacial score (nSPS) is 16.5. The minimum absolute atomic E-state index is 0.0218. The van der Waals surface area contributed by atoms with Crippen LogP contribution in [0.2, 0.25) is 5.02 Å². The summed E-state index contributed by atoms with van der Waals surface area (Å²) in [7, 11) is 0. The molecule has 1 unspecified atom stereocenters. The molecule has 1 aliphatic heterocycles. The predicted molar refractivity (Wildman–Crippen MR) is 107 cm³/mol. The van der Waals surface area contributed by atoms with E-state index in [1.54, 1.807) is 0 Å². The lowest BCUT2D eigenvalue weighted by molar-refractivity contribution is -0.120. The van der Waals surface area contributed by atoms with Crippen molar-refractivity contribution in [1.82, 2.24) is 4.90 Å². The van der Waals surface area contributed by atoms with Gasteiger partial charge in [0.2, 0.25) is 5.91 Å². The molecule has 0 spiro atoms. The Morgan fingerprint density at radius 2 is 1.72 bits per heavy atom. The molecular weight excluding hydrogens is 402 g/mol. The van der Waals surface area contributed by atoms with Gasteiger partial charge in [0.25, 0.3) is 0 Å². The lowest BCUT2D eigenvalue weighted by atomic mass is 10.2. The third-order valence-electron chi connectivity index (χ3n) is 4.55. The van der Waals surface area contributed by atoms with E-state index in [9.17, 15) is 4.79 Å². The molecule has 1 fully saturated rings. The largest absolute Gasteiger partial charge is 0.368 e. The number of anilines is 2. The molecule has 3 rings (SSSR count). The first-order valence-electron chi connectivity index (χ1n) is 8.34. The number of nitrogens with one attached hydrogen (secondary N) is 1. The summed E-state index contributed by atoms with van der Waals surface area (Å²) in [5.74, 6) is 0.0218. The molecule has 6 heteroatoms. The minimum atomic E-state index is -0.169. The van der Waals surface area contributed by atoms with Gasteiger partial charge in [-0.2, -0.15) is 0 Å². The Balaban J connectivity index is 1.56. The number of carbonyl (C=O) groups excluding carboxylic acids is 1. The SMILES string of the molecule is CC(C(=O)Nc1ccc(Br)cc1)N1CCN(c2ccccc2Cl)CC1. The van der Waals surface area contributed by atoms with E-state index < -0.39 is 0 Å². The molecule has 2 aromatic rings. The molecule has 1 amide bonds. The maximum atomic E-state index is 12.5. The third-order valence-corrected chi connectivity index (χ3v) is 5.39. The average Bonchev–Trinajstić information content (AvgIpc) is 2.63. The fourth-order valence-corrected chi connectivity index (χ4v) is 3.52. The maximum Gasteiger partial charge on any atom is 0.241 e. The number of halogens is 2. The molecule has 132 valence electrons. The summed E-state index contributed by atoms with van der Waals surface area (Å²) in [6, 6.07) is 15.4. The van der Waals surface area contributed by atoms with Gasteiger partial charge in [-0.1, -0.05) is 39.7 Å². The minimum Gasteiger partial charge on any atom is -0.368 e. The lowest BCUT2D eigenvalue weighted by Gasteiger charge is -2.38. The van der Waals surface area contributed by atoms with Gasteiger partial charge in [0.1, 0.15) is 0 Å². The van der Waals surface area contributed by atoms with Gasteiger partial charge in [-0.05, 0) is 43.3 Å². The number of nitrogens with zero attached hydrogens (tertiary/aromatic N) is 2. The summed E-state index contributed by atoms with van der Waals surface area (Å²) in [5, 5.41) is 3.76. The Morgan fingerprint density at radius 3 is 2.36 bits per heavy atom. The average molecular weight is 423 g/mol. The summed E-state index contributed by atoms with van der Waals surface area (Å²) in [4.78, 5) is 17.0. The number of piperazine rings is 1. The first kappa shape index (κ1) is 18.2. The van der Waals surface area contributed by atoms with Gasteiger partial charge in [0.05, 0.1) is 16.8 Å². The first-order chi connectivity index (χ1) is 12.0. The van der Waals surface area contributed by atoms with Crippen LogP contribution in [0.1, 0.15) is 6.92 Å². The standard InChI is InChI=1S/C19H21BrClN3O/c1-14(19(25)22-16-8-6-15(20)7-9-16)23-10-12-24(13-11-23)18-5-3-2-4-17(18)21/h2-9,14H,10-13H2,1H3,(H,22,25). The topological polar surface area (TPSA) is 35.6 Å². The van der Waals surface area contributed by atoms with Crippen LogP contribution in [0.5, 0.6) is 0 Å². The fraction of sp³-hybridized carbons (Fsp3) is 0.316. The van der Waals surface area contributed by atoms with Crippen molar-refractivity contribution in [2.24, 2.45) is 0 Å². The molecule has 4 nitrogen and oxygen atoms in total. The molecule has 0 radical (unpaired) electrons. The molecule has 1 N–H and O–H groups in total. The Kier molecular flexibility index (Phi) is 5.99. The van der Waals surface area contributed by atoms with E-state index in [-0.39, 0.29) is 11.9 Å². The van der Waals surface area contributed by atoms with Gasteiger partial charge in [-0.25, -0.2) is 0 Å². The van der Waals surface area contributed by atoms with Crippen LogP contribution in [0.4, 0.5) is 11.4 Å². The zero-order valence-corrected chi connectivity index (χ0v) is 16.4. The van der Waals surface area contributed by atoms with Gasteiger partial charge in [0.15, 0.2) is 0 Å². The molecule has 0 aromatic heterocycles. The summed E-state index contributed by atoms with van der Waals surface area (Å²) in [6.07, 6.45) is 0. The zero-order valence-electron chi connectivity index (χ0n) is 14.1. The van der Waals surface area contributed by atoms with E-state index in [1.807, 2.05) is 55.5 Å². The van der Waals surface area contributed by atoms with Crippen LogP contribution < -0.4 is 10.2 Å². The monoisotopic (exact) mass is 421 g/mol. The van der Waals surface area contributed by atoms with Crippen molar-refractivity contribution in [1.29, 1.82) is 0 Å². The van der Waals surface area contributed by atoms with Crippen LogP contribution in [-0.4, -0.2) is 43.0 Å². The predicted octanol–water partition coefficient (Wildman–Crippen LogP) is 4.25. The van der Waals surface area contributed by atoms with E-state index in [4.69, 9.17) is 11.6 Å². The second-order valence-corrected chi connectivity index (χ2v) is 7.47. The highest BCUT2D eigenvalue weighted by Crippen LogP contribution is 2.26. The number of para-hydroxylation sites is 1. The number of benzene rings is 2. The smallest absolute Gasteiger partial charge is 0.241 e. The van der Waals surface area contributed by atoms with Crippen molar-refractivity contribution in [3.63, 3.8) is 0 Å². The van der Waals surface area contributed by atoms with Crippen LogP contribution in [0.15, 0.2) is 53.0 Å². The number of hydrogen-bond acceptors (Lipinski definition) is 3. The molecule has 0 saturated carbocycles. The van der Waals surface area contributed by atoms with E-state index in [1.165, 1.54) is 0 Å². The molecule has 1 saturated heterocycles. The Labute approximate surface area is 161 Å². The van der Waals surface area contributed by atoms with Crippen LogP contribution in [0.25, 0.3) is 0 Å². The number of amides is 1. The van der Waals surface area contributed by atoms with E-state index in [0.717, 1.165) is 47.0 Å². The molecule has 1 heterocycles. The van der Waals surface area contributed by atoms with E-state index >= 15 is 0 Å². The lowest BCUT2D eigenvalue weighted by Crippen LogP contribution is -2.52. The quantitative estimate of drug-likeness (QED) is 0.800. The highest BCUT2D eigenvalue weighted by molar-refractivity contribution is 9.10. The molecule has 0 aliphatic carbocycles. The van der Waals surface area contributed by atoms with Crippen molar-refractivity contribution in [3.8, 4) is 0 Å². The van der Waals surface area contributed by atoms with Crippen LogP contribution in [0.3, 0.4) is 0 Å². The highest BCUT2D eigenvalue weighted by atomic mass is 79.9. The summed E-state index contributed by atoms with van der Waals surface area (Å²) >= 11 is 9.68. The number of carbonyl (C=O) groups is 1. The number of rotatable bonds is 4. The summed E-state index contributed by atoms with van der Waals surface area (Å²) in [6.45, 7) is 5.35. The van der Waals surface area contributed by atoms with Crippen molar-refractivity contribution in [3.05, 3.63) is 58.0 Å². The fourth-order valence-electron chi connectivity index (χ4n) is 3.00. The molecule has 1 aliphatic rings. The molecular formula is C19H21BrClN3O. The van der Waals surface area contributed by atoms with Gasteiger partial charge in [-0.3, -0.25) is 9.69 Å². The second-order valence-electron chi connectivity index (χ2n) is 6.15. The molecule has 2 aromatic carbocycles. The van der Waals surface area contributed by atoms with Gasteiger partial charge < -0.3 is 10.2 Å².